The van der Waals surface area contributed by atoms with Gasteiger partial charge in [-0.05, 0) is 36.9 Å². The molecule has 1 N–H and O–H groups in total. The number of nitrogens with zero attached hydrogens (tertiary/aromatic N) is 5. The molecule has 2 unspecified atom stereocenters. The van der Waals surface area contributed by atoms with Crippen molar-refractivity contribution in [1.82, 2.24) is 15.2 Å². The van der Waals surface area contributed by atoms with Crippen molar-refractivity contribution < 1.29 is 13.2 Å². The van der Waals surface area contributed by atoms with Crippen molar-refractivity contribution in [2.45, 2.75) is 37.9 Å². The molecule has 5 rings (SSSR count). The molecule has 4 heterocycles. The number of hydrogen-bond acceptors (Lipinski definition) is 6. The van der Waals surface area contributed by atoms with Crippen LogP contribution >= 0.6 is 0 Å². The number of likely N-dealkylation sites (tertiary alicyclic amines) is 1. The number of rotatable bonds is 6. The molecule has 1 aromatic carbocycles. The van der Waals surface area contributed by atoms with Crippen LogP contribution in [-0.4, -0.2) is 60.0 Å². The summed E-state index contributed by atoms with van der Waals surface area (Å²) in [5.74, 6) is -0.298. The van der Waals surface area contributed by atoms with Crippen molar-refractivity contribution in [3.63, 3.8) is 0 Å². The minimum absolute atomic E-state index is 0.0355. The molecule has 3 aliphatic heterocycles. The Bertz CT molecular complexity index is 1040. The Morgan fingerprint density at radius 1 is 1.24 bits per heavy atom. The predicted molar refractivity (Wildman–Crippen MR) is 124 cm³/mol. The number of anilines is 1. The summed E-state index contributed by atoms with van der Waals surface area (Å²) in [5.41, 5.74) is 2.13. The van der Waals surface area contributed by atoms with Crippen molar-refractivity contribution in [1.29, 1.82) is 0 Å². The summed E-state index contributed by atoms with van der Waals surface area (Å²) < 4.78 is 38.9. The lowest BCUT2D eigenvalue weighted by atomic mass is 10.1. The number of halogens is 3. The highest BCUT2D eigenvalue weighted by atomic mass is 19.3. The van der Waals surface area contributed by atoms with Crippen LogP contribution in [0.3, 0.4) is 0 Å². The van der Waals surface area contributed by atoms with Crippen LogP contribution in [0.4, 0.5) is 18.9 Å². The predicted octanol–water partition coefficient (Wildman–Crippen LogP) is 3.85. The zero-order valence-corrected chi connectivity index (χ0v) is 18.5. The number of piperazine rings is 1. The molecule has 0 radical (unpaired) electrons. The zero-order chi connectivity index (χ0) is 23.4. The van der Waals surface area contributed by atoms with E-state index in [0.29, 0.717) is 23.5 Å². The van der Waals surface area contributed by atoms with Gasteiger partial charge >= 0.3 is 0 Å². The average molecular weight is 457 g/mol. The lowest BCUT2D eigenvalue weighted by molar-refractivity contribution is 0.224. The summed E-state index contributed by atoms with van der Waals surface area (Å²) >= 11 is 0. The molecule has 0 amide bonds. The third kappa shape index (κ3) is 5.42. The second-order valence-electron chi connectivity index (χ2n) is 8.34. The molecule has 3 aliphatic rings. The maximum Gasteiger partial charge on any atom is 0.278 e. The normalized spacial score (nSPS) is 20.9. The Balaban J connectivity index is 0.000000238. The fraction of sp³-hybridized carbons (Fsp3) is 0.375. The van der Waals surface area contributed by atoms with Crippen LogP contribution in [0.5, 0.6) is 0 Å². The molecule has 6 nitrogen and oxygen atoms in total. The number of para-hydroxylation sites is 1. The molecule has 2 aromatic rings. The first-order valence-electron chi connectivity index (χ1n) is 10.9. The molecule has 9 heteroatoms. The van der Waals surface area contributed by atoms with Crippen LogP contribution in [0.25, 0.3) is 0 Å². The summed E-state index contributed by atoms with van der Waals surface area (Å²) in [6.45, 7) is 6.52. The fourth-order valence-electron chi connectivity index (χ4n) is 4.24. The summed E-state index contributed by atoms with van der Waals surface area (Å²) in [7, 11) is 1.78. The molecule has 174 valence electrons. The number of fused-ring (bicyclic) bond motifs is 2. The van der Waals surface area contributed by atoms with Crippen molar-refractivity contribution in [3.05, 3.63) is 72.4 Å². The van der Waals surface area contributed by atoms with E-state index in [1.54, 1.807) is 48.5 Å². The van der Waals surface area contributed by atoms with E-state index in [0.717, 1.165) is 24.3 Å². The van der Waals surface area contributed by atoms with Crippen molar-refractivity contribution >= 4 is 17.1 Å². The van der Waals surface area contributed by atoms with Gasteiger partial charge in [0.05, 0.1) is 23.6 Å². The van der Waals surface area contributed by atoms with E-state index in [1.165, 1.54) is 19.0 Å². The van der Waals surface area contributed by atoms with Gasteiger partial charge < -0.3 is 15.1 Å². The van der Waals surface area contributed by atoms with E-state index >= 15 is 0 Å². The van der Waals surface area contributed by atoms with E-state index in [4.69, 9.17) is 0 Å². The fourth-order valence-corrected chi connectivity index (χ4v) is 4.24. The van der Waals surface area contributed by atoms with E-state index < -0.39 is 6.43 Å². The minimum Gasteiger partial charge on any atom is -0.372 e. The van der Waals surface area contributed by atoms with Gasteiger partial charge in [0.2, 0.25) is 0 Å². The molecule has 2 bridgehead atoms. The highest BCUT2D eigenvalue weighted by molar-refractivity contribution is 6.15. The van der Waals surface area contributed by atoms with Gasteiger partial charge in [-0.3, -0.25) is 4.98 Å². The monoisotopic (exact) mass is 456 g/mol. The van der Waals surface area contributed by atoms with Crippen molar-refractivity contribution in [3.8, 4) is 0 Å². The number of aromatic nitrogens is 1. The second-order valence-corrected chi connectivity index (χ2v) is 8.34. The lowest BCUT2D eigenvalue weighted by Gasteiger charge is -2.24. The van der Waals surface area contributed by atoms with Gasteiger partial charge in [-0.25, -0.2) is 13.2 Å². The van der Waals surface area contributed by atoms with Crippen LogP contribution < -0.4 is 10.2 Å². The topological polar surface area (TPSA) is 56.1 Å². The van der Waals surface area contributed by atoms with Crippen LogP contribution in [-0.2, 0) is 6.54 Å². The van der Waals surface area contributed by atoms with Gasteiger partial charge in [0, 0.05) is 50.4 Å². The first-order valence-corrected chi connectivity index (χ1v) is 10.9. The first-order chi connectivity index (χ1) is 15.9. The Morgan fingerprint density at radius 2 is 2.06 bits per heavy atom. The van der Waals surface area contributed by atoms with Gasteiger partial charge in [0.1, 0.15) is 11.5 Å². The maximum atomic E-state index is 13.8. The quantitative estimate of drug-likeness (QED) is 0.718. The number of pyridine rings is 1. The minimum atomic E-state index is -2.59. The summed E-state index contributed by atoms with van der Waals surface area (Å²) in [6.07, 6.45) is 2.31. The smallest absolute Gasteiger partial charge is 0.278 e. The molecular weight excluding hydrogens is 429 g/mol. The zero-order valence-electron chi connectivity index (χ0n) is 18.5. The van der Waals surface area contributed by atoms with Crippen LogP contribution in [0.2, 0.25) is 0 Å². The Hall–Kier alpha value is -3.20. The van der Waals surface area contributed by atoms with E-state index in [1.807, 2.05) is 6.20 Å². The second kappa shape index (κ2) is 10.2. The van der Waals surface area contributed by atoms with Gasteiger partial charge in [-0.2, -0.15) is 10.2 Å². The average Bonchev–Trinajstić information content (AvgIpc) is 3.57. The largest absolute Gasteiger partial charge is 0.372 e. The number of benzene rings is 1. The van der Waals surface area contributed by atoms with E-state index in [9.17, 15) is 13.2 Å². The molecule has 0 saturated carbocycles. The standard InChI is InChI=1S/C17H15F3N4.C7H12N2/c1-24(16-5-3-2-4-13(16)18)10-12-7-6-11(9-21-12)14-8-15(17(19)20)23-22-14;1-2-9-5-6-3-7(9)4-8-6/h2-7,9,17H,8,10H2,1H3;2,6-8H,1,3-5H2. The van der Waals surface area contributed by atoms with E-state index in [2.05, 4.69) is 32.0 Å². The number of nitrogens with one attached hydrogen (secondary N) is 1. The molecule has 33 heavy (non-hydrogen) atoms. The van der Waals surface area contributed by atoms with Crippen molar-refractivity contribution in [2.75, 3.05) is 25.0 Å². The molecule has 1 aromatic heterocycles. The van der Waals surface area contributed by atoms with Crippen LogP contribution in [0, 0.1) is 5.82 Å². The molecule has 2 saturated heterocycles. The third-order valence-electron chi connectivity index (χ3n) is 6.05. The SMILES string of the molecule is C=CN1CC2CC1CN2.CN(Cc1ccc(C2=NN=C(C(F)F)C2)cn1)c1ccccc1F. The Labute approximate surface area is 191 Å². The lowest BCUT2D eigenvalue weighted by Crippen LogP contribution is -2.40. The molecule has 0 aliphatic carbocycles. The Kier molecular flexibility index (Phi) is 7.08. The molecule has 2 atom stereocenters. The highest BCUT2D eigenvalue weighted by Crippen LogP contribution is 2.22. The third-order valence-corrected chi connectivity index (χ3v) is 6.05. The summed E-state index contributed by atoms with van der Waals surface area (Å²) in [6, 6.07) is 11.6. The van der Waals surface area contributed by atoms with Crippen LogP contribution in [0.1, 0.15) is 24.1 Å². The molecule has 2 fully saturated rings. The molecular formula is C24H27F3N6. The van der Waals surface area contributed by atoms with Gasteiger partial charge in [0.25, 0.3) is 6.43 Å². The van der Waals surface area contributed by atoms with Crippen molar-refractivity contribution in [2.24, 2.45) is 10.2 Å². The summed E-state index contributed by atoms with van der Waals surface area (Å²) in [5, 5.41) is 10.7. The summed E-state index contributed by atoms with van der Waals surface area (Å²) in [4.78, 5) is 8.39. The number of alkyl halides is 2. The first kappa shape index (κ1) is 23.0. The molecule has 0 spiro atoms. The van der Waals surface area contributed by atoms with Crippen LogP contribution in [0.15, 0.2) is 65.6 Å². The Morgan fingerprint density at radius 3 is 2.61 bits per heavy atom. The van der Waals surface area contributed by atoms with Gasteiger partial charge in [0.15, 0.2) is 0 Å². The van der Waals surface area contributed by atoms with E-state index in [-0.39, 0.29) is 17.9 Å². The van der Waals surface area contributed by atoms with Gasteiger partial charge in [-0.1, -0.05) is 18.7 Å². The number of hydrogen-bond donors (Lipinski definition) is 1. The maximum absolute atomic E-state index is 13.8. The highest BCUT2D eigenvalue weighted by Gasteiger charge is 2.35. The van der Waals surface area contributed by atoms with Gasteiger partial charge in [-0.15, -0.1) is 0 Å².